The molecule has 1 aromatic heterocycles. The Morgan fingerprint density at radius 1 is 1.20 bits per heavy atom. The van der Waals surface area contributed by atoms with Crippen molar-refractivity contribution < 1.29 is 18.4 Å². The van der Waals surface area contributed by atoms with Crippen LogP contribution in [-0.4, -0.2) is 37.2 Å². The van der Waals surface area contributed by atoms with Crippen LogP contribution in [0.2, 0.25) is 0 Å². The fourth-order valence-electron chi connectivity index (χ4n) is 2.44. The number of nitrogens with zero attached hydrogens (tertiary/aromatic N) is 1. The van der Waals surface area contributed by atoms with Gasteiger partial charge in [-0.05, 0) is 48.6 Å². The molecule has 0 fully saturated rings. The summed E-state index contributed by atoms with van der Waals surface area (Å²) >= 11 is 1.59. The molecule has 0 saturated heterocycles. The maximum atomic E-state index is 13.6. The van der Waals surface area contributed by atoms with Crippen LogP contribution >= 0.6 is 11.3 Å². The molecule has 7 heteroatoms. The first-order valence-corrected chi connectivity index (χ1v) is 8.76. The summed E-state index contributed by atoms with van der Waals surface area (Å²) in [6.07, 6.45) is -0.168. The van der Waals surface area contributed by atoms with Gasteiger partial charge in [0.2, 0.25) is 5.91 Å². The normalized spacial score (nSPS) is 12.2. The van der Waals surface area contributed by atoms with Crippen molar-refractivity contribution in [2.45, 2.75) is 18.9 Å². The van der Waals surface area contributed by atoms with E-state index in [-0.39, 0.29) is 30.4 Å². The zero-order chi connectivity index (χ0) is 18.4. The number of hydrogen-bond donors (Lipinski definition) is 1. The number of benzene rings is 1. The Labute approximate surface area is 149 Å². The average molecular weight is 366 g/mol. The van der Waals surface area contributed by atoms with E-state index in [0.717, 1.165) is 17.7 Å². The molecule has 1 N–H and O–H groups in total. The minimum atomic E-state index is -0.907. The number of nitrogens with one attached hydrogen (secondary N) is 1. The molecule has 0 saturated carbocycles. The summed E-state index contributed by atoms with van der Waals surface area (Å²) in [6, 6.07) is 4.83. The van der Waals surface area contributed by atoms with Crippen molar-refractivity contribution >= 4 is 23.0 Å². The van der Waals surface area contributed by atoms with Crippen LogP contribution in [0.25, 0.3) is 0 Å². The highest BCUT2D eigenvalue weighted by atomic mass is 32.1. The zero-order valence-electron chi connectivity index (χ0n) is 14.1. The van der Waals surface area contributed by atoms with Crippen LogP contribution in [0, 0.1) is 11.6 Å². The minimum Gasteiger partial charge on any atom is -0.354 e. The lowest BCUT2D eigenvalue weighted by atomic mass is 10.1. The third-order valence-corrected chi connectivity index (χ3v) is 4.56. The molecule has 1 atom stereocenters. The van der Waals surface area contributed by atoms with Gasteiger partial charge in [0, 0.05) is 25.5 Å². The van der Waals surface area contributed by atoms with Crippen LogP contribution in [-0.2, 0) is 4.79 Å². The van der Waals surface area contributed by atoms with Gasteiger partial charge < -0.3 is 10.2 Å². The lowest BCUT2D eigenvalue weighted by Gasteiger charge is -2.24. The second-order valence-electron chi connectivity index (χ2n) is 5.89. The fourth-order valence-corrected chi connectivity index (χ4v) is 3.15. The summed E-state index contributed by atoms with van der Waals surface area (Å²) in [5, 5.41) is 6.80. The molecule has 25 heavy (non-hydrogen) atoms. The van der Waals surface area contributed by atoms with Gasteiger partial charge in [0.1, 0.15) is 11.6 Å². The van der Waals surface area contributed by atoms with Crippen molar-refractivity contribution in [3.05, 3.63) is 57.8 Å². The molecule has 0 bridgehead atoms. The predicted octanol–water partition coefficient (Wildman–Crippen LogP) is 3.41. The van der Waals surface area contributed by atoms with Crippen molar-refractivity contribution in [1.29, 1.82) is 0 Å². The number of amides is 1. The molecule has 134 valence electrons. The highest BCUT2D eigenvalue weighted by molar-refractivity contribution is 7.07. The minimum absolute atomic E-state index is 0.0421. The molecule has 1 heterocycles. The Balaban J connectivity index is 1.85. The van der Waals surface area contributed by atoms with E-state index in [1.165, 1.54) is 0 Å². The van der Waals surface area contributed by atoms with Gasteiger partial charge in [-0.25, -0.2) is 8.78 Å². The number of ketones is 1. The highest BCUT2D eigenvalue weighted by Gasteiger charge is 2.17. The van der Waals surface area contributed by atoms with Crippen molar-refractivity contribution in [3.8, 4) is 0 Å². The first-order valence-electron chi connectivity index (χ1n) is 7.82. The first kappa shape index (κ1) is 19.2. The molecule has 0 aliphatic heterocycles. The van der Waals surface area contributed by atoms with Gasteiger partial charge in [-0.1, -0.05) is 0 Å². The summed E-state index contributed by atoms with van der Waals surface area (Å²) in [6.45, 7) is 0.418. The van der Waals surface area contributed by atoms with Crippen molar-refractivity contribution in [1.82, 2.24) is 10.2 Å². The smallest absolute Gasteiger partial charge is 0.220 e. The Bertz CT molecular complexity index is 733. The van der Waals surface area contributed by atoms with Crippen LogP contribution in [0.15, 0.2) is 35.0 Å². The second kappa shape index (κ2) is 8.82. The first-order chi connectivity index (χ1) is 11.9. The molecule has 0 aliphatic carbocycles. The van der Waals surface area contributed by atoms with E-state index in [1.54, 1.807) is 11.3 Å². The summed E-state index contributed by atoms with van der Waals surface area (Å²) in [7, 11) is 3.85. The van der Waals surface area contributed by atoms with Gasteiger partial charge >= 0.3 is 0 Å². The van der Waals surface area contributed by atoms with E-state index in [0.29, 0.717) is 12.6 Å². The maximum absolute atomic E-state index is 13.6. The molecule has 0 spiro atoms. The molecule has 0 unspecified atom stereocenters. The maximum Gasteiger partial charge on any atom is 0.220 e. The van der Waals surface area contributed by atoms with Crippen LogP contribution in [0.1, 0.15) is 34.8 Å². The summed E-state index contributed by atoms with van der Waals surface area (Å²) in [5.41, 5.74) is 0.915. The highest BCUT2D eigenvalue weighted by Crippen LogP contribution is 2.20. The summed E-state index contributed by atoms with van der Waals surface area (Å²) in [4.78, 5) is 25.9. The van der Waals surface area contributed by atoms with E-state index < -0.39 is 17.4 Å². The largest absolute Gasteiger partial charge is 0.354 e. The van der Waals surface area contributed by atoms with Gasteiger partial charge in [0.25, 0.3) is 0 Å². The number of rotatable bonds is 8. The van der Waals surface area contributed by atoms with Crippen molar-refractivity contribution in [2.24, 2.45) is 0 Å². The van der Waals surface area contributed by atoms with E-state index in [2.05, 4.69) is 5.32 Å². The van der Waals surface area contributed by atoms with E-state index >= 15 is 0 Å². The van der Waals surface area contributed by atoms with E-state index in [1.807, 2.05) is 35.8 Å². The average Bonchev–Trinajstić information content (AvgIpc) is 3.06. The Morgan fingerprint density at radius 3 is 2.56 bits per heavy atom. The molecule has 1 amide bonds. The predicted molar refractivity (Wildman–Crippen MR) is 93.7 cm³/mol. The Morgan fingerprint density at radius 2 is 1.96 bits per heavy atom. The Hall–Kier alpha value is -2.12. The second-order valence-corrected chi connectivity index (χ2v) is 6.67. The molecule has 0 radical (unpaired) electrons. The fraction of sp³-hybridized carbons (Fsp3) is 0.333. The van der Waals surface area contributed by atoms with Crippen LogP contribution < -0.4 is 5.32 Å². The van der Waals surface area contributed by atoms with E-state index in [9.17, 15) is 18.4 Å². The lowest BCUT2D eigenvalue weighted by Crippen LogP contribution is -2.34. The quantitative estimate of drug-likeness (QED) is 0.729. The topological polar surface area (TPSA) is 49.4 Å². The van der Waals surface area contributed by atoms with Crippen molar-refractivity contribution in [2.75, 3.05) is 20.6 Å². The van der Waals surface area contributed by atoms with Crippen LogP contribution in [0.3, 0.4) is 0 Å². The lowest BCUT2D eigenvalue weighted by molar-refractivity contribution is -0.121. The Kier molecular flexibility index (Phi) is 6.78. The van der Waals surface area contributed by atoms with Gasteiger partial charge in [-0.2, -0.15) is 11.3 Å². The number of likely N-dealkylation sites (N-methyl/N-ethyl adjacent to an activating group) is 1. The van der Waals surface area contributed by atoms with Crippen LogP contribution in [0.5, 0.6) is 0 Å². The number of halogens is 2. The summed E-state index contributed by atoms with van der Waals surface area (Å²) < 4.78 is 26.4. The van der Waals surface area contributed by atoms with Crippen LogP contribution in [0.4, 0.5) is 8.78 Å². The number of carbonyl (C=O) groups is 2. The summed E-state index contributed by atoms with van der Waals surface area (Å²) in [5.74, 6) is -2.45. The molecule has 4 nitrogen and oxygen atoms in total. The molecule has 0 aliphatic rings. The molecular weight excluding hydrogens is 346 g/mol. The molecule has 1 aromatic carbocycles. The number of carbonyl (C=O) groups excluding carboxylic acids is 2. The van der Waals surface area contributed by atoms with Gasteiger partial charge in [-0.3, -0.25) is 9.59 Å². The van der Waals surface area contributed by atoms with Gasteiger partial charge in [0.15, 0.2) is 5.78 Å². The molecular formula is C18H20F2N2O2S. The van der Waals surface area contributed by atoms with Gasteiger partial charge in [-0.15, -0.1) is 0 Å². The SMILES string of the molecule is CN(C)[C@@H](CNC(=O)CCC(=O)c1ccc(F)cc1F)c1ccsc1. The monoisotopic (exact) mass is 366 g/mol. The molecule has 2 aromatic rings. The standard InChI is InChI=1S/C18H20F2N2O2S/c1-22(2)16(12-7-8-25-11-12)10-21-18(24)6-5-17(23)14-4-3-13(19)9-15(14)20/h3-4,7-9,11,16H,5-6,10H2,1-2H3,(H,21,24)/t16-/m0/s1. The van der Waals surface area contributed by atoms with E-state index in [4.69, 9.17) is 0 Å². The van der Waals surface area contributed by atoms with Crippen molar-refractivity contribution in [3.63, 3.8) is 0 Å². The number of hydrogen-bond acceptors (Lipinski definition) is 4. The third-order valence-electron chi connectivity index (χ3n) is 3.85. The third kappa shape index (κ3) is 5.44. The number of thiophene rings is 1. The zero-order valence-corrected chi connectivity index (χ0v) is 14.9. The number of Topliss-reactive ketones (excluding diaryl/α,β-unsaturated/α-hetero) is 1. The molecule has 2 rings (SSSR count). The van der Waals surface area contributed by atoms with Gasteiger partial charge in [0.05, 0.1) is 11.6 Å².